The topological polar surface area (TPSA) is 29.5 Å². The molecule has 1 aliphatic carbocycles. The zero-order valence-electron chi connectivity index (χ0n) is 12.3. The van der Waals surface area contributed by atoms with E-state index in [1.54, 1.807) is 0 Å². The van der Waals surface area contributed by atoms with Crippen LogP contribution in [0.3, 0.4) is 0 Å². The third-order valence-electron chi connectivity index (χ3n) is 4.51. The minimum Gasteiger partial charge on any atom is -0.414 e. The van der Waals surface area contributed by atoms with Crippen LogP contribution < -0.4 is 0 Å². The normalized spacial score (nSPS) is 27.9. The van der Waals surface area contributed by atoms with Crippen LogP contribution >= 0.6 is 0 Å². The Morgan fingerprint density at radius 2 is 1.76 bits per heavy atom. The highest BCUT2D eigenvalue weighted by molar-refractivity contribution is 6.74. The molecule has 1 aliphatic rings. The molecule has 0 unspecified atom stereocenters. The third-order valence-corrected chi connectivity index (χ3v) is 9.05. The van der Waals surface area contributed by atoms with E-state index in [0.29, 0.717) is 18.6 Å². The van der Waals surface area contributed by atoms with E-state index in [0.717, 1.165) is 6.42 Å². The second-order valence-corrected chi connectivity index (χ2v) is 11.8. The van der Waals surface area contributed by atoms with Gasteiger partial charge in [0.15, 0.2) is 8.32 Å². The highest BCUT2D eigenvalue weighted by Gasteiger charge is 2.39. The van der Waals surface area contributed by atoms with Crippen LogP contribution in [0.5, 0.6) is 0 Å². The number of aliphatic hydroxyl groups is 1. The van der Waals surface area contributed by atoms with E-state index < -0.39 is 8.32 Å². The molecule has 17 heavy (non-hydrogen) atoms. The van der Waals surface area contributed by atoms with Gasteiger partial charge < -0.3 is 9.53 Å². The summed E-state index contributed by atoms with van der Waals surface area (Å²) in [6.07, 6.45) is 6.31. The van der Waals surface area contributed by atoms with Crippen LogP contribution in [0.15, 0.2) is 0 Å². The maximum Gasteiger partial charge on any atom is 0.192 e. The zero-order valence-corrected chi connectivity index (χ0v) is 13.3. The van der Waals surface area contributed by atoms with Crippen LogP contribution in [0, 0.1) is 5.92 Å². The van der Waals surface area contributed by atoms with Gasteiger partial charge in [0.2, 0.25) is 0 Å². The van der Waals surface area contributed by atoms with Gasteiger partial charge in [0.05, 0.1) is 0 Å². The molecule has 0 bridgehead atoms. The van der Waals surface area contributed by atoms with Gasteiger partial charge in [0.1, 0.15) is 0 Å². The van der Waals surface area contributed by atoms with Crippen LogP contribution in [-0.2, 0) is 4.43 Å². The summed E-state index contributed by atoms with van der Waals surface area (Å²) < 4.78 is 6.48. The monoisotopic (exact) mass is 258 g/mol. The number of rotatable bonds is 3. The average molecular weight is 258 g/mol. The summed E-state index contributed by atoms with van der Waals surface area (Å²) >= 11 is 0. The standard InChI is InChI=1S/C14H30O2Si/c1-14(2,3)17(4,5)16-13-9-7-6-8-12(10-13)11-15/h12-13,15H,6-11H2,1-5H3/t12-,13+/m0/s1. The molecule has 1 fully saturated rings. The predicted octanol–water partition coefficient (Wildman–Crippen LogP) is 3.95. The summed E-state index contributed by atoms with van der Waals surface area (Å²) in [5.41, 5.74) is 0. The first kappa shape index (κ1) is 15.2. The molecule has 1 N–H and O–H groups in total. The maximum absolute atomic E-state index is 9.35. The summed E-state index contributed by atoms with van der Waals surface area (Å²) in [6.45, 7) is 11.9. The molecule has 0 aromatic rings. The minimum atomic E-state index is -1.64. The second-order valence-electron chi connectivity index (χ2n) is 7.07. The van der Waals surface area contributed by atoms with Crippen molar-refractivity contribution in [1.82, 2.24) is 0 Å². The lowest BCUT2D eigenvalue weighted by Crippen LogP contribution is -2.44. The molecule has 1 rings (SSSR count). The van der Waals surface area contributed by atoms with Gasteiger partial charge in [-0.15, -0.1) is 0 Å². The Morgan fingerprint density at radius 3 is 2.29 bits per heavy atom. The first-order valence-corrected chi connectivity index (χ1v) is 9.96. The SMILES string of the molecule is CC(C)(C)[Si](C)(C)O[C@@H]1CCCC[C@H](CO)C1. The lowest BCUT2D eigenvalue weighted by molar-refractivity contribution is 0.125. The van der Waals surface area contributed by atoms with E-state index in [-0.39, 0.29) is 5.04 Å². The summed E-state index contributed by atoms with van der Waals surface area (Å²) in [5, 5.41) is 9.63. The Morgan fingerprint density at radius 1 is 1.18 bits per heavy atom. The highest BCUT2D eigenvalue weighted by atomic mass is 28.4. The van der Waals surface area contributed by atoms with Gasteiger partial charge in [0, 0.05) is 12.7 Å². The Hall–Kier alpha value is 0.137. The van der Waals surface area contributed by atoms with Gasteiger partial charge in [-0.3, -0.25) is 0 Å². The summed E-state index contributed by atoms with van der Waals surface area (Å²) in [4.78, 5) is 0. The maximum atomic E-state index is 9.35. The van der Waals surface area contributed by atoms with Crippen molar-refractivity contribution in [1.29, 1.82) is 0 Å². The first-order valence-electron chi connectivity index (χ1n) is 7.05. The van der Waals surface area contributed by atoms with Crippen molar-refractivity contribution >= 4 is 8.32 Å². The van der Waals surface area contributed by atoms with Crippen molar-refractivity contribution in [3.8, 4) is 0 Å². The van der Waals surface area contributed by atoms with Crippen LogP contribution in [0.25, 0.3) is 0 Å². The van der Waals surface area contributed by atoms with E-state index >= 15 is 0 Å². The lowest BCUT2D eigenvalue weighted by Gasteiger charge is -2.39. The van der Waals surface area contributed by atoms with Crippen molar-refractivity contribution < 1.29 is 9.53 Å². The highest BCUT2D eigenvalue weighted by Crippen LogP contribution is 2.39. The molecule has 1 saturated carbocycles. The molecule has 2 nitrogen and oxygen atoms in total. The number of hydrogen-bond acceptors (Lipinski definition) is 2. The van der Waals surface area contributed by atoms with Gasteiger partial charge in [0.25, 0.3) is 0 Å². The Balaban J connectivity index is 2.60. The molecule has 0 radical (unpaired) electrons. The van der Waals surface area contributed by atoms with E-state index in [1.807, 2.05) is 0 Å². The second kappa shape index (κ2) is 5.85. The summed E-state index contributed by atoms with van der Waals surface area (Å²) in [6, 6.07) is 0. The largest absolute Gasteiger partial charge is 0.414 e. The summed E-state index contributed by atoms with van der Waals surface area (Å²) in [7, 11) is -1.64. The van der Waals surface area contributed by atoms with Crippen LogP contribution in [0.1, 0.15) is 52.9 Å². The molecule has 0 amide bonds. The minimum absolute atomic E-state index is 0.286. The van der Waals surface area contributed by atoms with Crippen molar-refractivity contribution in [2.45, 2.75) is 77.1 Å². The van der Waals surface area contributed by atoms with Crippen molar-refractivity contribution in [3.63, 3.8) is 0 Å². The molecule has 0 saturated heterocycles. The van der Waals surface area contributed by atoms with Crippen LogP contribution in [-0.4, -0.2) is 26.1 Å². The number of hydrogen-bond donors (Lipinski definition) is 1. The summed E-state index contributed by atoms with van der Waals surface area (Å²) in [5.74, 6) is 0.465. The van der Waals surface area contributed by atoms with E-state index in [1.165, 1.54) is 25.7 Å². The van der Waals surface area contributed by atoms with Crippen molar-refractivity contribution in [2.24, 2.45) is 5.92 Å². The molecule has 0 aliphatic heterocycles. The zero-order chi connectivity index (χ0) is 13.1. The molecule has 2 atom stereocenters. The fourth-order valence-corrected chi connectivity index (χ4v) is 3.68. The molecule has 0 heterocycles. The smallest absolute Gasteiger partial charge is 0.192 e. The van der Waals surface area contributed by atoms with Crippen molar-refractivity contribution in [2.75, 3.05) is 6.61 Å². The van der Waals surface area contributed by atoms with Gasteiger partial charge in [-0.25, -0.2) is 0 Å². The molecule has 0 aromatic heterocycles. The average Bonchev–Trinajstić information content (AvgIpc) is 2.40. The van der Waals surface area contributed by atoms with E-state index in [2.05, 4.69) is 33.9 Å². The fraction of sp³-hybridized carbons (Fsp3) is 1.00. The fourth-order valence-electron chi connectivity index (χ4n) is 2.28. The molecule has 0 spiro atoms. The predicted molar refractivity (Wildman–Crippen MR) is 75.7 cm³/mol. The van der Waals surface area contributed by atoms with Gasteiger partial charge in [-0.2, -0.15) is 0 Å². The number of aliphatic hydroxyl groups excluding tert-OH is 1. The lowest BCUT2D eigenvalue weighted by atomic mass is 10.0. The quantitative estimate of drug-likeness (QED) is 0.613. The van der Waals surface area contributed by atoms with Gasteiger partial charge in [-0.05, 0) is 43.3 Å². The molecule has 102 valence electrons. The van der Waals surface area contributed by atoms with Gasteiger partial charge in [-0.1, -0.05) is 33.6 Å². The first-order chi connectivity index (χ1) is 7.76. The van der Waals surface area contributed by atoms with Gasteiger partial charge >= 0.3 is 0 Å². The Bertz CT molecular complexity index is 233. The van der Waals surface area contributed by atoms with E-state index in [9.17, 15) is 5.11 Å². The molecule has 0 aromatic carbocycles. The Kier molecular flexibility index (Phi) is 5.23. The molecular formula is C14H30O2Si. The van der Waals surface area contributed by atoms with E-state index in [4.69, 9.17) is 4.43 Å². The molecule has 3 heteroatoms. The van der Waals surface area contributed by atoms with Crippen LogP contribution in [0.2, 0.25) is 18.1 Å². The molecular weight excluding hydrogens is 228 g/mol. The third kappa shape index (κ3) is 4.38. The Labute approximate surface area is 108 Å². The van der Waals surface area contributed by atoms with Crippen molar-refractivity contribution in [3.05, 3.63) is 0 Å². The van der Waals surface area contributed by atoms with Crippen LogP contribution in [0.4, 0.5) is 0 Å².